The quantitative estimate of drug-likeness (QED) is 0.889. The highest BCUT2D eigenvalue weighted by Gasteiger charge is 2.33. The van der Waals surface area contributed by atoms with Gasteiger partial charge in [-0.3, -0.25) is 0 Å². The van der Waals surface area contributed by atoms with E-state index in [1.54, 1.807) is 0 Å². The van der Waals surface area contributed by atoms with E-state index in [4.69, 9.17) is 11.6 Å². The second kappa shape index (κ2) is 7.28. The molecule has 0 spiro atoms. The molecule has 0 aliphatic carbocycles. The number of aliphatic hydroxyl groups is 1. The van der Waals surface area contributed by atoms with E-state index in [-0.39, 0.29) is 6.04 Å². The Morgan fingerprint density at radius 2 is 1.45 bits per heavy atom. The number of halogens is 1. The van der Waals surface area contributed by atoms with Crippen molar-refractivity contribution in [2.45, 2.75) is 31.4 Å². The average molecular weight is 317 g/mol. The van der Waals surface area contributed by atoms with Crippen molar-refractivity contribution in [1.29, 1.82) is 0 Å². The van der Waals surface area contributed by atoms with Gasteiger partial charge >= 0.3 is 0 Å². The van der Waals surface area contributed by atoms with Crippen LogP contribution in [0.25, 0.3) is 0 Å². The van der Waals surface area contributed by atoms with E-state index in [9.17, 15) is 5.11 Å². The van der Waals surface area contributed by atoms with Crippen LogP contribution in [0.2, 0.25) is 5.02 Å². The van der Waals surface area contributed by atoms with Crippen LogP contribution in [-0.2, 0) is 0 Å². The minimum absolute atomic E-state index is 0.0858. The Morgan fingerprint density at radius 1 is 0.818 bits per heavy atom. The molecule has 0 bridgehead atoms. The number of likely N-dealkylation sites (tertiary alicyclic amines) is 1. The van der Waals surface area contributed by atoms with Crippen LogP contribution >= 0.6 is 11.6 Å². The van der Waals surface area contributed by atoms with Crippen molar-refractivity contribution in [2.75, 3.05) is 13.1 Å². The van der Waals surface area contributed by atoms with Crippen LogP contribution in [0.5, 0.6) is 0 Å². The van der Waals surface area contributed by atoms with Crippen LogP contribution in [0.3, 0.4) is 0 Å². The van der Waals surface area contributed by atoms with Gasteiger partial charge in [0.05, 0.1) is 13.1 Å². The fourth-order valence-corrected chi connectivity index (χ4v) is 3.60. The van der Waals surface area contributed by atoms with Gasteiger partial charge in [0, 0.05) is 10.6 Å². The Hall–Kier alpha value is -1.35. The first-order valence-electron chi connectivity index (χ1n) is 8.09. The molecule has 2 aromatic rings. The van der Waals surface area contributed by atoms with E-state index in [1.165, 1.54) is 29.7 Å². The summed E-state index contributed by atoms with van der Waals surface area (Å²) in [5.41, 5.74) is 2.15. The molecular formula is C19H23ClNO+. The second-order valence-corrected chi connectivity index (χ2v) is 6.54. The summed E-state index contributed by atoms with van der Waals surface area (Å²) in [5, 5.41) is 11.7. The number of quaternary nitrogens is 1. The molecule has 22 heavy (non-hydrogen) atoms. The number of piperidine rings is 1. The van der Waals surface area contributed by atoms with Gasteiger partial charge in [0.25, 0.3) is 0 Å². The normalized spacial score (nSPS) is 18.8. The highest BCUT2D eigenvalue weighted by atomic mass is 35.5. The Kier molecular flexibility index (Phi) is 5.14. The van der Waals surface area contributed by atoms with Gasteiger partial charge in [0.2, 0.25) is 0 Å². The fourth-order valence-electron chi connectivity index (χ4n) is 3.47. The number of rotatable bonds is 4. The molecule has 0 unspecified atom stereocenters. The summed E-state index contributed by atoms with van der Waals surface area (Å²) < 4.78 is 0. The van der Waals surface area contributed by atoms with Crippen LogP contribution in [-0.4, -0.2) is 18.2 Å². The number of hydrogen-bond donors (Lipinski definition) is 2. The van der Waals surface area contributed by atoms with Gasteiger partial charge in [0.1, 0.15) is 12.1 Å². The zero-order valence-electron chi connectivity index (χ0n) is 12.7. The van der Waals surface area contributed by atoms with Crippen molar-refractivity contribution < 1.29 is 10.0 Å². The monoisotopic (exact) mass is 316 g/mol. The molecular weight excluding hydrogens is 294 g/mol. The third kappa shape index (κ3) is 3.52. The van der Waals surface area contributed by atoms with Gasteiger partial charge in [-0.25, -0.2) is 0 Å². The molecule has 2 atom stereocenters. The fraction of sp³-hybridized carbons (Fsp3) is 0.368. The Morgan fingerprint density at radius 3 is 2.09 bits per heavy atom. The Balaban J connectivity index is 1.91. The lowest BCUT2D eigenvalue weighted by Gasteiger charge is -2.34. The lowest BCUT2D eigenvalue weighted by molar-refractivity contribution is -0.941. The van der Waals surface area contributed by atoms with Gasteiger partial charge in [-0.1, -0.05) is 54.1 Å². The van der Waals surface area contributed by atoms with Crippen LogP contribution in [0.4, 0.5) is 0 Å². The molecule has 2 N–H and O–H groups in total. The summed E-state index contributed by atoms with van der Waals surface area (Å²) in [6.07, 6.45) is 3.29. The largest absolute Gasteiger partial charge is 0.382 e. The average Bonchev–Trinajstić information content (AvgIpc) is 2.57. The number of nitrogens with one attached hydrogen (secondary N) is 1. The highest BCUT2D eigenvalue weighted by Crippen LogP contribution is 2.28. The summed E-state index contributed by atoms with van der Waals surface area (Å²) >= 11 is 5.97. The second-order valence-electron chi connectivity index (χ2n) is 6.10. The molecule has 2 nitrogen and oxygen atoms in total. The first-order valence-corrected chi connectivity index (χ1v) is 8.46. The van der Waals surface area contributed by atoms with Crippen molar-refractivity contribution in [3.05, 3.63) is 70.7 Å². The van der Waals surface area contributed by atoms with E-state index >= 15 is 0 Å². The number of hydrogen-bond acceptors (Lipinski definition) is 1. The van der Waals surface area contributed by atoms with Crippen LogP contribution < -0.4 is 4.90 Å². The SMILES string of the molecule is O[C@@H](c1ccc(Cl)cc1)[C@@H](c1ccccc1)[NH+]1CCCCC1. The van der Waals surface area contributed by atoms with Gasteiger partial charge < -0.3 is 10.0 Å². The molecule has 1 aliphatic rings. The van der Waals surface area contributed by atoms with Crippen molar-refractivity contribution >= 4 is 11.6 Å². The molecule has 116 valence electrons. The third-order valence-electron chi connectivity index (χ3n) is 4.62. The van der Waals surface area contributed by atoms with Crippen molar-refractivity contribution in [3.63, 3.8) is 0 Å². The van der Waals surface area contributed by atoms with Gasteiger partial charge in [-0.15, -0.1) is 0 Å². The summed E-state index contributed by atoms with van der Waals surface area (Å²) in [4.78, 5) is 1.49. The molecule has 0 aromatic heterocycles. The predicted molar refractivity (Wildman–Crippen MR) is 90.1 cm³/mol. The molecule has 3 heteroatoms. The Bertz CT molecular complexity index is 578. The van der Waals surface area contributed by atoms with Crippen molar-refractivity contribution in [2.24, 2.45) is 0 Å². The molecule has 1 saturated heterocycles. The molecule has 0 amide bonds. The van der Waals surface area contributed by atoms with Crippen LogP contribution in [0, 0.1) is 0 Å². The smallest absolute Gasteiger partial charge is 0.144 e. The molecule has 1 fully saturated rings. The maximum atomic E-state index is 11.0. The Labute approximate surface area is 137 Å². The van der Waals surface area contributed by atoms with Gasteiger partial charge in [-0.2, -0.15) is 0 Å². The minimum atomic E-state index is -0.507. The van der Waals surface area contributed by atoms with Gasteiger partial charge in [-0.05, 0) is 37.0 Å². The third-order valence-corrected chi connectivity index (χ3v) is 4.87. The lowest BCUT2D eigenvalue weighted by Crippen LogP contribution is -3.13. The summed E-state index contributed by atoms with van der Waals surface area (Å²) in [6.45, 7) is 2.26. The molecule has 0 radical (unpaired) electrons. The van der Waals surface area contributed by atoms with Crippen molar-refractivity contribution in [3.8, 4) is 0 Å². The zero-order chi connectivity index (χ0) is 15.4. The van der Waals surface area contributed by atoms with Crippen LogP contribution in [0.1, 0.15) is 42.5 Å². The maximum absolute atomic E-state index is 11.0. The molecule has 2 aromatic carbocycles. The van der Waals surface area contributed by atoms with E-state index in [0.717, 1.165) is 18.7 Å². The topological polar surface area (TPSA) is 24.7 Å². The molecule has 0 saturated carbocycles. The van der Waals surface area contributed by atoms with Crippen molar-refractivity contribution in [1.82, 2.24) is 0 Å². The first-order chi connectivity index (χ1) is 10.8. The first kappa shape index (κ1) is 15.5. The number of aliphatic hydroxyl groups excluding tert-OH is 1. The van der Waals surface area contributed by atoms with E-state index < -0.39 is 6.10 Å². The van der Waals surface area contributed by atoms with Gasteiger partial charge in [0.15, 0.2) is 0 Å². The molecule has 1 aliphatic heterocycles. The van der Waals surface area contributed by atoms with E-state index in [2.05, 4.69) is 24.3 Å². The lowest BCUT2D eigenvalue weighted by atomic mass is 9.93. The van der Waals surface area contributed by atoms with E-state index in [1.807, 2.05) is 30.3 Å². The van der Waals surface area contributed by atoms with E-state index in [0.29, 0.717) is 5.02 Å². The predicted octanol–water partition coefficient (Wildman–Crippen LogP) is 3.18. The standard InChI is InChI=1S/C19H22ClNO/c20-17-11-9-16(10-12-17)19(22)18(15-7-3-1-4-8-15)21-13-5-2-6-14-21/h1,3-4,7-12,18-19,22H,2,5-6,13-14H2/p+1/t18-,19+/m1/s1. The summed E-state index contributed by atoms with van der Waals surface area (Å²) in [6, 6.07) is 18.1. The molecule has 3 rings (SSSR count). The minimum Gasteiger partial charge on any atom is -0.382 e. The summed E-state index contributed by atoms with van der Waals surface area (Å²) in [7, 11) is 0. The zero-order valence-corrected chi connectivity index (χ0v) is 13.5. The van der Waals surface area contributed by atoms with Crippen LogP contribution in [0.15, 0.2) is 54.6 Å². The highest BCUT2D eigenvalue weighted by molar-refractivity contribution is 6.30. The maximum Gasteiger partial charge on any atom is 0.144 e. The summed E-state index contributed by atoms with van der Waals surface area (Å²) in [5.74, 6) is 0. The molecule has 1 heterocycles. The number of benzene rings is 2.